The molecule has 164 valence electrons. The van der Waals surface area contributed by atoms with Crippen molar-refractivity contribution in [3.05, 3.63) is 0 Å². The van der Waals surface area contributed by atoms with Crippen molar-refractivity contribution in [1.29, 1.82) is 0 Å². The van der Waals surface area contributed by atoms with Gasteiger partial charge in [-0.3, -0.25) is 19.4 Å². The molecule has 0 bridgehead atoms. The standard InChI is InChI=1S/C16H29N7O5S/c17-9(3-1-5-20-16(18)19)13(25)21-7-12(24)23-6-2-4-11(23)14(26)22-10(8-29)15(27)28/h9-11,29H,1-8,17H2,(H,21,25)(H,22,26)(H,27,28)(H4,18,19,20). The summed E-state index contributed by atoms with van der Waals surface area (Å²) in [6.07, 6.45) is 1.85. The second kappa shape index (κ2) is 12.1. The highest BCUT2D eigenvalue weighted by Crippen LogP contribution is 2.17. The minimum Gasteiger partial charge on any atom is -0.480 e. The van der Waals surface area contributed by atoms with Gasteiger partial charge in [0.05, 0.1) is 12.6 Å². The molecule has 1 heterocycles. The van der Waals surface area contributed by atoms with Gasteiger partial charge in [0.25, 0.3) is 0 Å². The van der Waals surface area contributed by atoms with E-state index in [0.29, 0.717) is 38.8 Å². The first-order valence-electron chi connectivity index (χ1n) is 9.19. The van der Waals surface area contributed by atoms with E-state index < -0.39 is 41.8 Å². The molecule has 0 aromatic carbocycles. The molecule has 1 rings (SSSR count). The zero-order chi connectivity index (χ0) is 22.0. The zero-order valence-electron chi connectivity index (χ0n) is 16.0. The number of hydrogen-bond acceptors (Lipinski definition) is 7. The van der Waals surface area contributed by atoms with E-state index in [9.17, 15) is 19.2 Å². The topological polar surface area (TPSA) is 206 Å². The molecule has 1 aliphatic heterocycles. The van der Waals surface area contributed by atoms with Gasteiger partial charge in [-0.05, 0) is 25.7 Å². The lowest BCUT2D eigenvalue weighted by molar-refractivity contribution is -0.143. The van der Waals surface area contributed by atoms with Crippen molar-refractivity contribution in [3.8, 4) is 0 Å². The number of amides is 3. The van der Waals surface area contributed by atoms with Crippen LogP contribution in [0.5, 0.6) is 0 Å². The normalized spacial score (nSPS) is 17.9. The Hall–Kier alpha value is -2.54. The average molecular weight is 432 g/mol. The average Bonchev–Trinajstić information content (AvgIpc) is 3.16. The number of nitrogens with one attached hydrogen (secondary N) is 2. The first-order valence-corrected chi connectivity index (χ1v) is 9.82. The number of thiol groups is 1. The molecule has 1 fully saturated rings. The number of nitrogens with zero attached hydrogens (tertiary/aromatic N) is 2. The van der Waals surface area contributed by atoms with E-state index in [-0.39, 0.29) is 18.3 Å². The van der Waals surface area contributed by atoms with Crippen LogP contribution in [-0.2, 0) is 19.2 Å². The van der Waals surface area contributed by atoms with Gasteiger partial charge < -0.3 is 37.8 Å². The minimum atomic E-state index is -1.20. The lowest BCUT2D eigenvalue weighted by Crippen LogP contribution is -2.53. The fourth-order valence-electron chi connectivity index (χ4n) is 2.84. The maximum atomic E-state index is 12.4. The summed E-state index contributed by atoms with van der Waals surface area (Å²) in [4.78, 5) is 52.9. The monoisotopic (exact) mass is 431 g/mol. The SMILES string of the molecule is NC(N)=NCCCC(N)C(=O)NCC(=O)N1CCCC1C(=O)NC(CS)C(=O)O. The summed E-state index contributed by atoms with van der Waals surface area (Å²) >= 11 is 3.90. The van der Waals surface area contributed by atoms with E-state index >= 15 is 0 Å². The number of guanidine groups is 1. The molecule has 3 amide bonds. The van der Waals surface area contributed by atoms with Crippen LogP contribution in [0.25, 0.3) is 0 Å². The third kappa shape index (κ3) is 8.15. The number of carbonyl (C=O) groups excluding carboxylic acids is 3. The molecule has 1 saturated heterocycles. The third-order valence-corrected chi connectivity index (χ3v) is 4.76. The van der Waals surface area contributed by atoms with Crippen LogP contribution in [0.4, 0.5) is 0 Å². The molecule has 0 aliphatic carbocycles. The predicted molar refractivity (Wildman–Crippen MR) is 109 cm³/mol. The van der Waals surface area contributed by atoms with Crippen LogP contribution in [-0.4, -0.2) is 83.2 Å². The number of nitrogens with two attached hydrogens (primary N) is 3. The van der Waals surface area contributed by atoms with Crippen molar-refractivity contribution in [2.45, 2.75) is 43.8 Å². The van der Waals surface area contributed by atoms with Gasteiger partial charge in [-0.2, -0.15) is 12.6 Å². The lowest BCUT2D eigenvalue weighted by atomic mass is 10.1. The van der Waals surface area contributed by atoms with Gasteiger partial charge in [0.1, 0.15) is 12.1 Å². The number of carboxylic acids is 1. The molecule has 0 aromatic heterocycles. The Morgan fingerprint density at radius 1 is 1.28 bits per heavy atom. The summed E-state index contributed by atoms with van der Waals surface area (Å²) in [6.45, 7) is 0.381. The van der Waals surface area contributed by atoms with Crippen LogP contribution in [0.1, 0.15) is 25.7 Å². The van der Waals surface area contributed by atoms with E-state index in [1.165, 1.54) is 4.90 Å². The lowest BCUT2D eigenvalue weighted by Gasteiger charge is -2.25. The summed E-state index contributed by atoms with van der Waals surface area (Å²) < 4.78 is 0. The highest BCUT2D eigenvalue weighted by Gasteiger charge is 2.35. The van der Waals surface area contributed by atoms with Gasteiger partial charge in [-0.25, -0.2) is 4.79 Å². The molecular formula is C16H29N7O5S. The Kier molecular flexibility index (Phi) is 10.2. The second-order valence-electron chi connectivity index (χ2n) is 6.60. The molecule has 29 heavy (non-hydrogen) atoms. The molecular weight excluding hydrogens is 402 g/mol. The first-order chi connectivity index (χ1) is 13.7. The van der Waals surface area contributed by atoms with Crippen molar-refractivity contribution in [2.75, 3.05) is 25.4 Å². The molecule has 0 spiro atoms. The second-order valence-corrected chi connectivity index (χ2v) is 6.97. The van der Waals surface area contributed by atoms with Gasteiger partial charge in [0.15, 0.2) is 5.96 Å². The van der Waals surface area contributed by atoms with Crippen LogP contribution in [0.3, 0.4) is 0 Å². The number of rotatable bonds is 11. The molecule has 0 radical (unpaired) electrons. The van der Waals surface area contributed by atoms with E-state index in [4.69, 9.17) is 22.3 Å². The zero-order valence-corrected chi connectivity index (χ0v) is 16.9. The van der Waals surface area contributed by atoms with E-state index in [0.717, 1.165) is 0 Å². The van der Waals surface area contributed by atoms with E-state index in [1.807, 2.05) is 0 Å². The Morgan fingerprint density at radius 2 is 1.97 bits per heavy atom. The summed E-state index contributed by atoms with van der Waals surface area (Å²) in [5, 5.41) is 13.8. The van der Waals surface area contributed by atoms with Crippen LogP contribution >= 0.6 is 12.6 Å². The smallest absolute Gasteiger partial charge is 0.327 e. The Labute approximate surface area is 174 Å². The van der Waals surface area contributed by atoms with Crippen molar-refractivity contribution in [3.63, 3.8) is 0 Å². The summed E-state index contributed by atoms with van der Waals surface area (Å²) in [5.74, 6) is -2.81. The molecule has 0 saturated carbocycles. The van der Waals surface area contributed by atoms with Crippen LogP contribution in [0.15, 0.2) is 4.99 Å². The summed E-state index contributed by atoms with van der Waals surface area (Å²) in [6, 6.07) is -2.74. The predicted octanol–water partition coefficient (Wildman–Crippen LogP) is -3.03. The number of carboxylic acid groups (broad SMARTS) is 1. The Balaban J connectivity index is 2.49. The van der Waals surface area contributed by atoms with Crippen LogP contribution in [0.2, 0.25) is 0 Å². The minimum absolute atomic E-state index is 0.0399. The molecule has 12 nitrogen and oxygen atoms in total. The highest BCUT2D eigenvalue weighted by molar-refractivity contribution is 7.80. The number of hydrogen-bond donors (Lipinski definition) is 7. The highest BCUT2D eigenvalue weighted by atomic mass is 32.1. The number of aliphatic imine (C=N–C) groups is 1. The quantitative estimate of drug-likeness (QED) is 0.0773. The molecule has 1 aliphatic rings. The van der Waals surface area contributed by atoms with Crippen molar-refractivity contribution < 1.29 is 24.3 Å². The van der Waals surface area contributed by atoms with Gasteiger partial charge in [0, 0.05) is 18.8 Å². The number of carbonyl (C=O) groups is 4. The summed E-state index contributed by atoms with van der Waals surface area (Å²) in [7, 11) is 0. The van der Waals surface area contributed by atoms with Gasteiger partial charge in [-0.15, -0.1) is 0 Å². The van der Waals surface area contributed by atoms with Crippen LogP contribution < -0.4 is 27.8 Å². The van der Waals surface area contributed by atoms with Crippen molar-refractivity contribution in [1.82, 2.24) is 15.5 Å². The third-order valence-electron chi connectivity index (χ3n) is 4.39. The van der Waals surface area contributed by atoms with Crippen LogP contribution in [0, 0.1) is 0 Å². The summed E-state index contributed by atoms with van der Waals surface area (Å²) in [5.41, 5.74) is 16.2. The van der Waals surface area contributed by atoms with E-state index in [1.54, 1.807) is 0 Å². The van der Waals surface area contributed by atoms with E-state index in [2.05, 4.69) is 28.3 Å². The maximum Gasteiger partial charge on any atom is 0.327 e. The van der Waals surface area contributed by atoms with Crippen molar-refractivity contribution >= 4 is 42.3 Å². The van der Waals surface area contributed by atoms with Gasteiger partial charge in [-0.1, -0.05) is 0 Å². The van der Waals surface area contributed by atoms with Crippen molar-refractivity contribution in [2.24, 2.45) is 22.2 Å². The first kappa shape index (κ1) is 24.5. The Bertz CT molecular complexity index is 641. The molecule has 0 aromatic rings. The van der Waals surface area contributed by atoms with Gasteiger partial charge >= 0.3 is 5.97 Å². The number of aliphatic carboxylic acids is 1. The molecule has 3 unspecified atom stereocenters. The number of likely N-dealkylation sites (tertiary alicyclic amines) is 1. The maximum absolute atomic E-state index is 12.4. The molecule has 3 atom stereocenters. The molecule has 9 N–H and O–H groups in total. The fourth-order valence-corrected chi connectivity index (χ4v) is 3.08. The Morgan fingerprint density at radius 3 is 2.55 bits per heavy atom. The van der Waals surface area contributed by atoms with Gasteiger partial charge in [0.2, 0.25) is 17.7 Å². The largest absolute Gasteiger partial charge is 0.480 e. The fraction of sp³-hybridized carbons (Fsp3) is 0.688. The molecule has 13 heteroatoms.